The van der Waals surface area contributed by atoms with E-state index in [2.05, 4.69) is 32.9 Å². The molecule has 0 amide bonds. The number of rotatable bonds is 7. The quantitative estimate of drug-likeness (QED) is 0.409. The third kappa shape index (κ3) is 5.82. The van der Waals surface area contributed by atoms with E-state index in [0.29, 0.717) is 23.7 Å². The lowest BCUT2D eigenvalue weighted by Crippen LogP contribution is -2.10. The van der Waals surface area contributed by atoms with Gasteiger partial charge in [0.15, 0.2) is 11.5 Å². The minimum absolute atomic E-state index is 0.0715. The van der Waals surface area contributed by atoms with Crippen LogP contribution in [-0.4, -0.2) is 15.5 Å². The predicted octanol–water partition coefficient (Wildman–Crippen LogP) is 5.91. The van der Waals surface area contributed by atoms with Crippen LogP contribution in [0.1, 0.15) is 37.5 Å². The highest BCUT2D eigenvalue weighted by atomic mass is 32.2. The lowest BCUT2D eigenvalue weighted by molar-refractivity contribution is 0.284. The summed E-state index contributed by atoms with van der Waals surface area (Å²) >= 11 is 0. The van der Waals surface area contributed by atoms with Gasteiger partial charge in [0.25, 0.3) is 0 Å². The van der Waals surface area contributed by atoms with Crippen LogP contribution in [0.4, 0.5) is 0 Å². The molecule has 3 aromatic carbocycles. The maximum atomic E-state index is 12.8. The number of benzene rings is 3. The maximum Gasteiger partial charge on any atom is 0.216 e. The van der Waals surface area contributed by atoms with Gasteiger partial charge in [0, 0.05) is 0 Å². The Hall–Kier alpha value is -3.56. The fraction of sp³-hybridized carbons (Fsp3) is 0.222. The Bertz CT molecular complexity index is 1280. The molecule has 0 aliphatic rings. The molecule has 0 atom stereocenters. The average Bonchev–Trinajstić information content (AvgIpc) is 2.81. The summed E-state index contributed by atoms with van der Waals surface area (Å²) in [6, 6.07) is 23.0. The van der Waals surface area contributed by atoms with Gasteiger partial charge in [0.2, 0.25) is 9.84 Å². The first-order chi connectivity index (χ1) is 15.6. The van der Waals surface area contributed by atoms with Crippen LogP contribution in [0.5, 0.6) is 11.5 Å². The summed E-state index contributed by atoms with van der Waals surface area (Å²) in [5, 5.41) is 9.49. The van der Waals surface area contributed by atoms with Crippen molar-refractivity contribution in [3.05, 3.63) is 94.4 Å². The number of nitriles is 1. The highest BCUT2D eigenvalue weighted by Crippen LogP contribution is 2.31. The van der Waals surface area contributed by atoms with E-state index in [0.717, 1.165) is 5.56 Å². The van der Waals surface area contributed by atoms with Crippen molar-refractivity contribution in [2.45, 2.75) is 37.7 Å². The van der Waals surface area contributed by atoms with Gasteiger partial charge >= 0.3 is 0 Å². The second-order valence-electron chi connectivity index (χ2n) is 8.58. The molecule has 5 nitrogen and oxygen atoms in total. The summed E-state index contributed by atoms with van der Waals surface area (Å²) in [6.45, 7) is 6.87. The second kappa shape index (κ2) is 9.93. The van der Waals surface area contributed by atoms with E-state index in [9.17, 15) is 13.7 Å². The summed E-state index contributed by atoms with van der Waals surface area (Å²) in [5.41, 5.74) is 2.88. The molecule has 0 saturated carbocycles. The third-order valence-corrected chi connectivity index (χ3v) is 6.83. The van der Waals surface area contributed by atoms with E-state index in [1.165, 1.54) is 30.9 Å². The van der Waals surface area contributed by atoms with Gasteiger partial charge in [-0.3, -0.25) is 0 Å². The summed E-state index contributed by atoms with van der Waals surface area (Å²) in [4.78, 5) is -0.273. The molecular formula is C27H27NO4S. The van der Waals surface area contributed by atoms with Crippen LogP contribution in [0.25, 0.3) is 6.08 Å². The Labute approximate surface area is 195 Å². The fourth-order valence-electron chi connectivity index (χ4n) is 3.20. The van der Waals surface area contributed by atoms with Gasteiger partial charge < -0.3 is 9.47 Å². The molecule has 3 aromatic rings. The summed E-state index contributed by atoms with van der Waals surface area (Å²) in [6.07, 6.45) is 1.33. The molecule has 0 bridgehead atoms. The van der Waals surface area contributed by atoms with Crippen molar-refractivity contribution in [1.29, 1.82) is 5.26 Å². The number of hydrogen-bond acceptors (Lipinski definition) is 5. The number of sulfone groups is 1. The van der Waals surface area contributed by atoms with Crippen molar-refractivity contribution >= 4 is 15.9 Å². The van der Waals surface area contributed by atoms with Gasteiger partial charge in [-0.05, 0) is 52.4 Å². The van der Waals surface area contributed by atoms with Gasteiger partial charge in [-0.15, -0.1) is 0 Å². The fourth-order valence-corrected chi connectivity index (χ4v) is 4.38. The van der Waals surface area contributed by atoms with Gasteiger partial charge in [-0.25, -0.2) is 8.42 Å². The molecule has 3 rings (SSSR count). The van der Waals surface area contributed by atoms with Crippen LogP contribution in [0.15, 0.2) is 82.6 Å². The summed E-state index contributed by atoms with van der Waals surface area (Å²) in [7, 11) is -2.40. The molecule has 0 aliphatic carbocycles. The van der Waals surface area contributed by atoms with Crippen molar-refractivity contribution in [1.82, 2.24) is 0 Å². The van der Waals surface area contributed by atoms with Gasteiger partial charge in [-0.2, -0.15) is 5.26 Å². The Morgan fingerprint density at radius 1 is 0.970 bits per heavy atom. The smallest absolute Gasteiger partial charge is 0.216 e. The number of ether oxygens (including phenoxy) is 2. The van der Waals surface area contributed by atoms with Gasteiger partial charge in [0.1, 0.15) is 17.6 Å². The highest BCUT2D eigenvalue weighted by Gasteiger charge is 2.20. The van der Waals surface area contributed by atoms with Crippen molar-refractivity contribution in [3.8, 4) is 17.6 Å². The van der Waals surface area contributed by atoms with Crippen LogP contribution in [-0.2, 0) is 21.9 Å². The van der Waals surface area contributed by atoms with Crippen LogP contribution in [0.2, 0.25) is 0 Å². The van der Waals surface area contributed by atoms with Crippen LogP contribution >= 0.6 is 0 Å². The van der Waals surface area contributed by atoms with Crippen molar-refractivity contribution < 1.29 is 17.9 Å². The molecule has 170 valence electrons. The predicted molar refractivity (Wildman–Crippen MR) is 130 cm³/mol. The standard InChI is InChI=1S/C27H27NO4S/c1-27(2,3)22-13-10-20(11-14-22)19-32-25-15-12-21(17-26(25)31-4)16-24(18-28)33(29,30)23-8-6-5-7-9-23/h5-17H,19H2,1-4H3. The first kappa shape index (κ1) is 24.1. The number of hydrogen-bond donors (Lipinski definition) is 0. The van der Waals surface area contributed by atoms with E-state index in [-0.39, 0.29) is 15.2 Å². The first-order valence-electron chi connectivity index (χ1n) is 10.5. The normalized spacial score (nSPS) is 12.2. The highest BCUT2D eigenvalue weighted by molar-refractivity contribution is 7.95. The monoisotopic (exact) mass is 461 g/mol. The SMILES string of the molecule is COc1cc(C=C(C#N)S(=O)(=O)c2ccccc2)ccc1OCc1ccc(C(C)(C)C)cc1. The Balaban J connectivity index is 1.81. The minimum atomic E-state index is -3.91. The third-order valence-electron chi connectivity index (χ3n) is 5.15. The molecule has 0 aromatic heterocycles. The lowest BCUT2D eigenvalue weighted by Gasteiger charge is -2.19. The van der Waals surface area contributed by atoms with Gasteiger partial charge in [-0.1, -0.05) is 69.3 Å². The molecule has 0 saturated heterocycles. The van der Waals surface area contributed by atoms with E-state index < -0.39 is 9.84 Å². The largest absolute Gasteiger partial charge is 0.493 e. The van der Waals surface area contributed by atoms with E-state index >= 15 is 0 Å². The second-order valence-corrected chi connectivity index (χ2v) is 10.5. The zero-order valence-electron chi connectivity index (χ0n) is 19.2. The first-order valence-corrected chi connectivity index (χ1v) is 12.0. The van der Waals surface area contributed by atoms with Gasteiger partial charge in [0.05, 0.1) is 12.0 Å². The summed E-state index contributed by atoms with van der Waals surface area (Å²) < 4.78 is 36.9. The van der Waals surface area contributed by atoms with E-state index in [4.69, 9.17) is 9.47 Å². The number of allylic oxidation sites excluding steroid dienone is 1. The zero-order chi connectivity index (χ0) is 24.1. The lowest BCUT2D eigenvalue weighted by atomic mass is 9.87. The number of methoxy groups -OCH3 is 1. The molecule has 0 radical (unpaired) electrons. The molecule has 0 fully saturated rings. The van der Waals surface area contributed by atoms with Crippen LogP contribution in [0.3, 0.4) is 0 Å². The Kier molecular flexibility index (Phi) is 7.25. The maximum absolute atomic E-state index is 12.8. The van der Waals surface area contributed by atoms with Crippen molar-refractivity contribution in [2.75, 3.05) is 7.11 Å². The minimum Gasteiger partial charge on any atom is -0.493 e. The average molecular weight is 462 g/mol. The molecular weight excluding hydrogens is 434 g/mol. The molecule has 0 unspecified atom stereocenters. The number of nitrogens with zero attached hydrogens (tertiary/aromatic N) is 1. The van der Waals surface area contributed by atoms with Crippen molar-refractivity contribution in [2.24, 2.45) is 0 Å². The summed E-state index contributed by atoms with van der Waals surface area (Å²) in [5.74, 6) is 0.975. The molecule has 6 heteroatoms. The molecule has 0 aliphatic heterocycles. The Morgan fingerprint density at radius 3 is 2.21 bits per heavy atom. The topological polar surface area (TPSA) is 76.4 Å². The molecule has 0 N–H and O–H groups in total. The molecule has 33 heavy (non-hydrogen) atoms. The Morgan fingerprint density at radius 2 is 1.64 bits per heavy atom. The van der Waals surface area contributed by atoms with E-state index in [1.807, 2.05) is 12.1 Å². The molecule has 0 spiro atoms. The molecule has 0 heterocycles. The van der Waals surface area contributed by atoms with E-state index in [1.54, 1.807) is 42.5 Å². The van der Waals surface area contributed by atoms with Crippen LogP contribution in [0, 0.1) is 11.3 Å². The van der Waals surface area contributed by atoms with Crippen LogP contribution < -0.4 is 9.47 Å². The van der Waals surface area contributed by atoms with Crippen molar-refractivity contribution in [3.63, 3.8) is 0 Å². The zero-order valence-corrected chi connectivity index (χ0v) is 20.0.